The number of ether oxygens (including phenoxy) is 1. The van der Waals surface area contributed by atoms with E-state index in [1.165, 1.54) is 32.2 Å². The monoisotopic (exact) mass is 405 g/mol. The van der Waals surface area contributed by atoms with Crippen LogP contribution in [0.5, 0.6) is 5.75 Å². The highest BCUT2D eigenvalue weighted by Crippen LogP contribution is 2.28. The van der Waals surface area contributed by atoms with Crippen LogP contribution in [-0.2, 0) is 14.8 Å². The van der Waals surface area contributed by atoms with E-state index in [2.05, 4.69) is 15.4 Å². The van der Waals surface area contributed by atoms with Crippen LogP contribution in [0.15, 0.2) is 42.5 Å². The lowest BCUT2D eigenvalue weighted by Crippen LogP contribution is -2.33. The fraction of sp³-hybridized carbons (Fsp3) is 0.263. The molecule has 0 aromatic heterocycles. The molecule has 2 aromatic rings. The second-order valence-corrected chi connectivity index (χ2v) is 7.98. The zero-order valence-corrected chi connectivity index (χ0v) is 16.7. The molecule has 0 aliphatic rings. The zero-order valence-electron chi connectivity index (χ0n) is 15.9. The minimum atomic E-state index is -3.45. The molecule has 2 amide bonds. The summed E-state index contributed by atoms with van der Waals surface area (Å²) in [5.74, 6) is -0.574. The third-order valence-corrected chi connectivity index (χ3v) is 5.22. The molecule has 9 heteroatoms. The molecule has 0 radical (unpaired) electrons. The van der Waals surface area contributed by atoms with E-state index in [-0.39, 0.29) is 29.6 Å². The summed E-state index contributed by atoms with van der Waals surface area (Å²) in [5.41, 5.74) is 2.00. The Labute approximate surface area is 164 Å². The van der Waals surface area contributed by atoms with Crippen LogP contribution in [0.25, 0.3) is 0 Å². The van der Waals surface area contributed by atoms with Gasteiger partial charge in [-0.15, -0.1) is 0 Å². The molecule has 0 aliphatic heterocycles. The van der Waals surface area contributed by atoms with Gasteiger partial charge in [0.15, 0.2) is 0 Å². The fourth-order valence-electron chi connectivity index (χ4n) is 2.38. The van der Waals surface area contributed by atoms with Gasteiger partial charge in [0.2, 0.25) is 15.9 Å². The van der Waals surface area contributed by atoms with Crippen molar-refractivity contribution in [3.8, 4) is 5.75 Å². The summed E-state index contributed by atoms with van der Waals surface area (Å²) < 4.78 is 31.0. The van der Waals surface area contributed by atoms with Crippen LogP contribution in [0.2, 0.25) is 0 Å². The van der Waals surface area contributed by atoms with Crippen molar-refractivity contribution in [1.29, 1.82) is 0 Å². The van der Waals surface area contributed by atoms with Crippen LogP contribution in [0.3, 0.4) is 0 Å². The molecule has 0 atom stereocenters. The molecule has 0 bridgehead atoms. The summed E-state index contributed by atoms with van der Waals surface area (Å²) in [4.78, 5) is 24.3. The van der Waals surface area contributed by atoms with Crippen LogP contribution in [0.1, 0.15) is 22.8 Å². The molecule has 0 spiro atoms. The van der Waals surface area contributed by atoms with Gasteiger partial charge in [0, 0.05) is 17.3 Å². The highest BCUT2D eigenvalue weighted by Gasteiger charge is 2.14. The number of carbonyl (C=O) groups excluding carboxylic acids is 2. The van der Waals surface area contributed by atoms with E-state index < -0.39 is 15.9 Å². The molecule has 0 saturated carbocycles. The van der Waals surface area contributed by atoms with Crippen molar-refractivity contribution in [2.45, 2.75) is 13.8 Å². The highest BCUT2D eigenvalue weighted by atomic mass is 32.2. The third-order valence-electron chi connectivity index (χ3n) is 3.93. The number of sulfonamides is 1. The number of amides is 2. The minimum absolute atomic E-state index is 0.0742. The summed E-state index contributed by atoms with van der Waals surface area (Å²) in [7, 11) is -2.06. The number of anilines is 2. The number of carbonyl (C=O) groups is 2. The van der Waals surface area contributed by atoms with Crippen molar-refractivity contribution in [2.24, 2.45) is 0 Å². The number of hydrogen-bond donors (Lipinski definition) is 3. The van der Waals surface area contributed by atoms with Crippen LogP contribution >= 0.6 is 0 Å². The smallest absolute Gasteiger partial charge is 0.251 e. The molecule has 150 valence electrons. The fourth-order valence-corrected chi connectivity index (χ4v) is 3.03. The molecule has 0 aliphatic carbocycles. The van der Waals surface area contributed by atoms with E-state index in [9.17, 15) is 18.0 Å². The van der Waals surface area contributed by atoms with Gasteiger partial charge < -0.3 is 15.4 Å². The first-order chi connectivity index (χ1) is 13.3. The third kappa shape index (κ3) is 5.71. The average Bonchev–Trinajstić information content (AvgIpc) is 2.67. The Balaban J connectivity index is 2.00. The summed E-state index contributed by atoms with van der Waals surface area (Å²) in [6.07, 6.45) is 0. The van der Waals surface area contributed by atoms with Crippen molar-refractivity contribution in [1.82, 2.24) is 5.32 Å². The van der Waals surface area contributed by atoms with Crippen LogP contribution in [0.4, 0.5) is 11.4 Å². The molecule has 0 saturated heterocycles. The highest BCUT2D eigenvalue weighted by molar-refractivity contribution is 7.92. The molecule has 0 fully saturated rings. The van der Waals surface area contributed by atoms with E-state index >= 15 is 0 Å². The maximum Gasteiger partial charge on any atom is 0.251 e. The number of benzene rings is 2. The Kier molecular flexibility index (Phi) is 7.00. The van der Waals surface area contributed by atoms with Crippen molar-refractivity contribution < 1.29 is 22.7 Å². The second kappa shape index (κ2) is 9.23. The second-order valence-electron chi connectivity index (χ2n) is 5.97. The van der Waals surface area contributed by atoms with Crippen molar-refractivity contribution >= 4 is 33.2 Å². The molecule has 3 N–H and O–H groups in total. The van der Waals surface area contributed by atoms with Crippen molar-refractivity contribution in [2.75, 3.05) is 29.4 Å². The van der Waals surface area contributed by atoms with Gasteiger partial charge in [-0.05, 0) is 37.6 Å². The Bertz CT molecular complexity index is 973. The normalized spacial score (nSPS) is 10.8. The lowest BCUT2D eigenvalue weighted by molar-refractivity contribution is -0.115. The van der Waals surface area contributed by atoms with Gasteiger partial charge in [0.05, 0.1) is 25.1 Å². The quantitative estimate of drug-likeness (QED) is 0.623. The predicted octanol–water partition coefficient (Wildman–Crippen LogP) is 2.13. The molecule has 0 heterocycles. The van der Waals surface area contributed by atoms with E-state index in [1.54, 1.807) is 12.1 Å². The van der Waals surface area contributed by atoms with Gasteiger partial charge in [-0.1, -0.05) is 18.2 Å². The first-order valence-electron chi connectivity index (χ1n) is 8.58. The zero-order chi connectivity index (χ0) is 20.7. The predicted molar refractivity (Wildman–Crippen MR) is 108 cm³/mol. The average molecular weight is 405 g/mol. The molecule has 8 nitrogen and oxygen atoms in total. The largest absolute Gasteiger partial charge is 0.494 e. The van der Waals surface area contributed by atoms with Gasteiger partial charge in [-0.2, -0.15) is 0 Å². The number of nitrogens with one attached hydrogen (secondary N) is 3. The molecule has 0 unspecified atom stereocenters. The standard InChI is InChI=1S/C19H23N3O5S/c1-4-28(25,26)22-16-10-9-14(11-17(16)27-3)21-18(23)12-20-19(24)15-8-6-5-7-13(15)2/h5-11,22H,4,12H2,1-3H3,(H,20,24)(H,21,23). The van der Waals surface area contributed by atoms with Gasteiger partial charge in [-0.3, -0.25) is 14.3 Å². The SMILES string of the molecule is CCS(=O)(=O)Nc1ccc(NC(=O)CNC(=O)c2ccccc2C)cc1OC. The Hall–Kier alpha value is -3.07. The van der Waals surface area contributed by atoms with Gasteiger partial charge in [-0.25, -0.2) is 8.42 Å². The molecular formula is C19H23N3O5S. The van der Waals surface area contributed by atoms with E-state index in [0.29, 0.717) is 11.3 Å². The maximum absolute atomic E-state index is 12.2. The molecular weight excluding hydrogens is 382 g/mol. The van der Waals surface area contributed by atoms with Crippen molar-refractivity contribution in [3.05, 3.63) is 53.6 Å². The number of hydrogen-bond acceptors (Lipinski definition) is 5. The van der Waals surface area contributed by atoms with Gasteiger partial charge >= 0.3 is 0 Å². The van der Waals surface area contributed by atoms with E-state index in [4.69, 9.17) is 4.74 Å². The summed E-state index contributed by atoms with van der Waals surface area (Å²) in [6, 6.07) is 11.6. The van der Waals surface area contributed by atoms with Gasteiger partial charge in [0.25, 0.3) is 5.91 Å². The number of methoxy groups -OCH3 is 1. The minimum Gasteiger partial charge on any atom is -0.494 e. The maximum atomic E-state index is 12.2. The Morgan fingerprint density at radius 1 is 1.11 bits per heavy atom. The summed E-state index contributed by atoms with van der Waals surface area (Å²) in [5, 5.41) is 5.20. The van der Waals surface area contributed by atoms with Crippen LogP contribution < -0.4 is 20.1 Å². The summed E-state index contributed by atoms with van der Waals surface area (Å²) in [6.45, 7) is 3.13. The van der Waals surface area contributed by atoms with Gasteiger partial charge in [0.1, 0.15) is 5.75 Å². The van der Waals surface area contributed by atoms with Crippen LogP contribution in [0, 0.1) is 6.92 Å². The lowest BCUT2D eigenvalue weighted by atomic mass is 10.1. The molecule has 28 heavy (non-hydrogen) atoms. The molecule has 2 aromatic carbocycles. The number of rotatable bonds is 8. The first-order valence-corrected chi connectivity index (χ1v) is 10.2. The Morgan fingerprint density at radius 3 is 2.46 bits per heavy atom. The summed E-state index contributed by atoms with van der Waals surface area (Å²) >= 11 is 0. The van der Waals surface area contributed by atoms with E-state index in [0.717, 1.165) is 5.56 Å². The lowest BCUT2D eigenvalue weighted by Gasteiger charge is -2.13. The van der Waals surface area contributed by atoms with Crippen molar-refractivity contribution in [3.63, 3.8) is 0 Å². The topological polar surface area (TPSA) is 114 Å². The Morgan fingerprint density at radius 2 is 1.82 bits per heavy atom. The first kappa shape index (κ1) is 21.2. The van der Waals surface area contributed by atoms with Crippen LogP contribution in [-0.4, -0.2) is 39.6 Å². The van der Waals surface area contributed by atoms with E-state index in [1.807, 2.05) is 19.1 Å². The molecule has 2 rings (SSSR count). The number of aryl methyl sites for hydroxylation is 1.